The SMILES string of the molecule is CC(C)=CCCC(C)(O)C1CCC2(C)C1CCC1C3(C)CCC(=O)C(C)(C)C3CC[C@]12C. The molecule has 2 nitrogen and oxygen atoms in total. The number of hydrogen-bond donors (Lipinski definition) is 1. The summed E-state index contributed by atoms with van der Waals surface area (Å²) in [7, 11) is 0. The predicted molar refractivity (Wildman–Crippen MR) is 133 cm³/mol. The van der Waals surface area contributed by atoms with Gasteiger partial charge in [0.2, 0.25) is 0 Å². The van der Waals surface area contributed by atoms with Crippen molar-refractivity contribution in [2.24, 2.45) is 45.3 Å². The maximum atomic E-state index is 12.8. The van der Waals surface area contributed by atoms with Crippen LogP contribution < -0.4 is 0 Å². The Morgan fingerprint density at radius 1 is 0.969 bits per heavy atom. The van der Waals surface area contributed by atoms with E-state index < -0.39 is 5.60 Å². The summed E-state index contributed by atoms with van der Waals surface area (Å²) in [6, 6.07) is 0. The van der Waals surface area contributed by atoms with Crippen LogP contribution in [0.3, 0.4) is 0 Å². The second-order valence-electron chi connectivity index (χ2n) is 14.1. The van der Waals surface area contributed by atoms with E-state index in [1.807, 2.05) is 0 Å². The van der Waals surface area contributed by atoms with Gasteiger partial charge in [0.25, 0.3) is 0 Å². The fourth-order valence-corrected chi connectivity index (χ4v) is 10.1. The number of ketones is 1. The van der Waals surface area contributed by atoms with Crippen molar-refractivity contribution in [1.29, 1.82) is 0 Å². The molecule has 0 aromatic carbocycles. The number of aliphatic hydroxyl groups is 1. The number of rotatable bonds is 4. The summed E-state index contributed by atoms with van der Waals surface area (Å²) in [6.45, 7) is 18.7. The molecule has 2 heteroatoms. The van der Waals surface area contributed by atoms with E-state index in [9.17, 15) is 9.90 Å². The van der Waals surface area contributed by atoms with Gasteiger partial charge in [-0.25, -0.2) is 0 Å². The van der Waals surface area contributed by atoms with E-state index in [4.69, 9.17) is 0 Å². The molecule has 4 fully saturated rings. The van der Waals surface area contributed by atoms with E-state index in [1.54, 1.807) is 0 Å². The van der Waals surface area contributed by atoms with Crippen molar-refractivity contribution in [2.75, 3.05) is 0 Å². The van der Waals surface area contributed by atoms with E-state index in [1.165, 1.54) is 44.1 Å². The summed E-state index contributed by atoms with van der Waals surface area (Å²) < 4.78 is 0. The third kappa shape index (κ3) is 3.32. The second-order valence-corrected chi connectivity index (χ2v) is 14.1. The molecule has 0 saturated heterocycles. The smallest absolute Gasteiger partial charge is 0.138 e. The first-order valence-corrected chi connectivity index (χ1v) is 13.6. The molecule has 1 N–H and O–H groups in total. The normalized spacial score (nSPS) is 47.1. The minimum Gasteiger partial charge on any atom is -0.390 e. The lowest BCUT2D eigenvalue weighted by Crippen LogP contribution is -2.63. The molecule has 0 aromatic rings. The molecule has 4 rings (SSSR count). The summed E-state index contributed by atoms with van der Waals surface area (Å²) in [4.78, 5) is 12.8. The number of carbonyl (C=O) groups is 1. The van der Waals surface area contributed by atoms with E-state index in [-0.39, 0.29) is 10.8 Å². The first-order chi connectivity index (χ1) is 14.7. The lowest BCUT2D eigenvalue weighted by atomic mass is 9.35. The summed E-state index contributed by atoms with van der Waals surface area (Å²) in [5.41, 5.74) is 1.52. The van der Waals surface area contributed by atoms with Crippen LogP contribution in [0.15, 0.2) is 11.6 Å². The zero-order valence-corrected chi connectivity index (χ0v) is 22.3. The number of Topliss-reactive ketones (excluding diaryl/α,β-unsaturated/α-hetero) is 1. The summed E-state index contributed by atoms with van der Waals surface area (Å²) in [5, 5.41) is 11.6. The van der Waals surface area contributed by atoms with E-state index in [0.29, 0.717) is 40.3 Å². The fraction of sp³-hybridized carbons (Fsp3) is 0.900. The van der Waals surface area contributed by atoms with Gasteiger partial charge in [0.1, 0.15) is 5.78 Å². The van der Waals surface area contributed by atoms with Crippen LogP contribution in [0.1, 0.15) is 120 Å². The number of fused-ring (bicyclic) bond motifs is 5. The summed E-state index contributed by atoms with van der Waals surface area (Å²) in [5.74, 6) is 2.78. The second kappa shape index (κ2) is 7.69. The molecule has 4 saturated carbocycles. The van der Waals surface area contributed by atoms with E-state index in [0.717, 1.165) is 25.7 Å². The summed E-state index contributed by atoms with van der Waals surface area (Å²) >= 11 is 0. The molecular weight excluding hydrogens is 392 g/mol. The van der Waals surface area contributed by atoms with Crippen molar-refractivity contribution < 1.29 is 9.90 Å². The summed E-state index contributed by atoms with van der Waals surface area (Å²) in [6.07, 6.45) is 13.5. The van der Waals surface area contributed by atoms with Crippen molar-refractivity contribution >= 4 is 5.78 Å². The minimum absolute atomic E-state index is 0.168. The van der Waals surface area contributed by atoms with Crippen molar-refractivity contribution in [3.63, 3.8) is 0 Å². The average Bonchev–Trinajstić information content (AvgIpc) is 3.04. The fourth-order valence-electron chi connectivity index (χ4n) is 10.1. The molecule has 0 heterocycles. The predicted octanol–water partition coefficient (Wildman–Crippen LogP) is 7.74. The Bertz CT molecular complexity index is 787. The molecule has 8 atom stereocenters. The van der Waals surface area contributed by atoms with Gasteiger partial charge in [-0.15, -0.1) is 0 Å². The van der Waals surface area contributed by atoms with Crippen LogP contribution in [0.5, 0.6) is 0 Å². The van der Waals surface area contributed by atoms with Crippen LogP contribution in [0.2, 0.25) is 0 Å². The highest BCUT2D eigenvalue weighted by atomic mass is 16.3. The van der Waals surface area contributed by atoms with Gasteiger partial charge in [-0.2, -0.15) is 0 Å². The molecule has 0 spiro atoms. The third-order valence-corrected chi connectivity index (χ3v) is 12.1. The first-order valence-electron chi connectivity index (χ1n) is 13.6. The molecule has 0 aliphatic heterocycles. The molecule has 4 aliphatic rings. The van der Waals surface area contributed by atoms with Gasteiger partial charge in [0.15, 0.2) is 0 Å². The Labute approximate surface area is 198 Å². The lowest BCUT2D eigenvalue weighted by Gasteiger charge is -2.69. The van der Waals surface area contributed by atoms with Crippen LogP contribution in [-0.4, -0.2) is 16.5 Å². The molecule has 182 valence electrons. The highest BCUT2D eigenvalue weighted by Crippen LogP contribution is 2.75. The molecule has 7 unspecified atom stereocenters. The Kier molecular flexibility index (Phi) is 5.89. The standard InChI is InChI=1S/C30H50O2/c1-20(2)10-9-16-30(8,32)22-13-18-28(6)21(22)11-12-24-27(5)17-15-25(31)26(3,4)23(27)14-19-29(24,28)7/h10,21-24,32H,9,11-19H2,1-8H3/t21?,22?,23?,24?,27?,28?,29-,30?/m1/s1. The Morgan fingerprint density at radius 3 is 2.28 bits per heavy atom. The maximum Gasteiger partial charge on any atom is 0.138 e. The minimum atomic E-state index is -0.572. The Hall–Kier alpha value is -0.630. The monoisotopic (exact) mass is 442 g/mol. The van der Waals surface area contributed by atoms with Crippen molar-refractivity contribution in [2.45, 2.75) is 125 Å². The van der Waals surface area contributed by atoms with Gasteiger partial charge >= 0.3 is 0 Å². The first kappa shape index (κ1) is 24.5. The molecule has 4 aliphatic carbocycles. The van der Waals surface area contributed by atoms with Crippen LogP contribution in [0.25, 0.3) is 0 Å². The number of allylic oxidation sites excluding steroid dienone is 2. The zero-order chi connectivity index (χ0) is 23.7. The molecular formula is C30H50O2. The largest absolute Gasteiger partial charge is 0.390 e. The van der Waals surface area contributed by atoms with Crippen molar-refractivity contribution in [3.05, 3.63) is 11.6 Å². The molecule has 0 aromatic heterocycles. The lowest BCUT2D eigenvalue weighted by molar-refractivity contribution is -0.207. The molecule has 0 radical (unpaired) electrons. The van der Waals surface area contributed by atoms with Crippen molar-refractivity contribution in [3.8, 4) is 0 Å². The topological polar surface area (TPSA) is 37.3 Å². The Balaban J connectivity index is 1.62. The number of carbonyl (C=O) groups excluding carboxylic acids is 1. The quantitative estimate of drug-likeness (QED) is 0.452. The van der Waals surface area contributed by atoms with Gasteiger partial charge in [-0.05, 0) is 118 Å². The third-order valence-electron chi connectivity index (χ3n) is 12.1. The van der Waals surface area contributed by atoms with Gasteiger partial charge in [-0.3, -0.25) is 4.79 Å². The maximum absolute atomic E-state index is 12.8. The van der Waals surface area contributed by atoms with Gasteiger partial charge in [-0.1, -0.05) is 46.3 Å². The number of hydrogen-bond acceptors (Lipinski definition) is 2. The molecule has 0 bridgehead atoms. The van der Waals surface area contributed by atoms with E-state index >= 15 is 0 Å². The zero-order valence-electron chi connectivity index (χ0n) is 22.3. The van der Waals surface area contributed by atoms with Crippen molar-refractivity contribution in [1.82, 2.24) is 0 Å². The van der Waals surface area contributed by atoms with E-state index in [2.05, 4.69) is 61.5 Å². The van der Waals surface area contributed by atoms with Crippen LogP contribution in [-0.2, 0) is 4.79 Å². The average molecular weight is 443 g/mol. The van der Waals surface area contributed by atoms with Gasteiger partial charge < -0.3 is 5.11 Å². The van der Waals surface area contributed by atoms with Gasteiger partial charge in [0, 0.05) is 11.8 Å². The molecule has 32 heavy (non-hydrogen) atoms. The highest BCUT2D eigenvalue weighted by molar-refractivity contribution is 5.85. The highest BCUT2D eigenvalue weighted by Gasteiger charge is 2.69. The van der Waals surface area contributed by atoms with Crippen LogP contribution >= 0.6 is 0 Å². The molecule has 0 amide bonds. The van der Waals surface area contributed by atoms with Crippen LogP contribution in [0, 0.1) is 45.3 Å². The van der Waals surface area contributed by atoms with Gasteiger partial charge in [0.05, 0.1) is 5.60 Å². The van der Waals surface area contributed by atoms with Crippen LogP contribution in [0.4, 0.5) is 0 Å². The Morgan fingerprint density at radius 2 is 1.62 bits per heavy atom.